The van der Waals surface area contributed by atoms with Gasteiger partial charge < -0.3 is 10.0 Å². The van der Waals surface area contributed by atoms with Crippen LogP contribution in [0.25, 0.3) is 11.0 Å². The van der Waals surface area contributed by atoms with Crippen LogP contribution in [0, 0.1) is 12.8 Å². The lowest BCUT2D eigenvalue weighted by molar-refractivity contribution is 0.0464. The molecule has 0 aliphatic heterocycles. The molecule has 3 rings (SSSR count). The van der Waals surface area contributed by atoms with Crippen LogP contribution in [0.3, 0.4) is 0 Å². The molecule has 1 fully saturated rings. The van der Waals surface area contributed by atoms with Gasteiger partial charge in [-0.2, -0.15) is 0 Å². The van der Waals surface area contributed by atoms with E-state index in [9.17, 15) is 5.11 Å². The van der Waals surface area contributed by atoms with E-state index >= 15 is 0 Å². The zero-order valence-electron chi connectivity index (χ0n) is 11.4. The van der Waals surface area contributed by atoms with Crippen LogP contribution in [0.4, 0.5) is 5.82 Å². The van der Waals surface area contributed by atoms with Gasteiger partial charge in [0.15, 0.2) is 5.82 Å². The Hall–Kier alpha value is -1.68. The number of anilines is 1. The van der Waals surface area contributed by atoms with Crippen molar-refractivity contribution in [2.75, 3.05) is 18.5 Å². The summed E-state index contributed by atoms with van der Waals surface area (Å²) in [5.41, 5.74) is 2.83. The molecule has 0 amide bonds. The van der Waals surface area contributed by atoms with Gasteiger partial charge in [-0.05, 0) is 37.8 Å². The monoisotopic (exact) mass is 257 g/mol. The van der Waals surface area contributed by atoms with Gasteiger partial charge >= 0.3 is 0 Å². The minimum absolute atomic E-state index is 0.0952. The molecule has 1 aliphatic rings. The fourth-order valence-corrected chi connectivity index (χ4v) is 2.76. The molecule has 0 radical (unpaired) electrons. The van der Waals surface area contributed by atoms with Gasteiger partial charge in [0.25, 0.3) is 0 Å². The van der Waals surface area contributed by atoms with Crippen LogP contribution in [0.15, 0.2) is 24.3 Å². The maximum Gasteiger partial charge on any atom is 0.150 e. The first-order valence-corrected chi connectivity index (χ1v) is 6.76. The van der Waals surface area contributed by atoms with Crippen LogP contribution < -0.4 is 4.90 Å². The first-order chi connectivity index (χ1) is 9.13. The van der Waals surface area contributed by atoms with Crippen LogP contribution in [0.1, 0.15) is 18.5 Å². The van der Waals surface area contributed by atoms with Crippen LogP contribution >= 0.6 is 0 Å². The van der Waals surface area contributed by atoms with E-state index in [-0.39, 0.29) is 6.10 Å². The summed E-state index contributed by atoms with van der Waals surface area (Å²) in [5, 5.41) is 9.35. The number of fused-ring (bicyclic) bond motifs is 1. The van der Waals surface area contributed by atoms with Gasteiger partial charge in [-0.25, -0.2) is 9.97 Å². The first-order valence-electron chi connectivity index (χ1n) is 6.76. The smallest absolute Gasteiger partial charge is 0.150 e. The van der Waals surface area contributed by atoms with Crippen LogP contribution in [-0.4, -0.2) is 34.8 Å². The highest BCUT2D eigenvalue weighted by atomic mass is 16.3. The van der Waals surface area contributed by atoms with Gasteiger partial charge in [-0.3, -0.25) is 0 Å². The molecule has 4 heteroatoms. The van der Waals surface area contributed by atoms with Crippen molar-refractivity contribution in [1.82, 2.24) is 9.97 Å². The number of benzene rings is 1. The van der Waals surface area contributed by atoms with Crippen LogP contribution in [-0.2, 0) is 0 Å². The second kappa shape index (κ2) is 4.78. The normalized spacial score (nSPS) is 22.3. The Morgan fingerprint density at radius 3 is 2.47 bits per heavy atom. The minimum Gasteiger partial charge on any atom is -0.393 e. The highest BCUT2D eigenvalue weighted by Crippen LogP contribution is 2.29. The van der Waals surface area contributed by atoms with E-state index in [1.165, 1.54) is 0 Å². The third-order valence-corrected chi connectivity index (χ3v) is 3.82. The maximum absolute atomic E-state index is 9.35. The summed E-state index contributed by atoms with van der Waals surface area (Å²) in [6.07, 6.45) is 1.72. The fraction of sp³-hybridized carbons (Fsp3) is 0.467. The number of rotatable bonds is 3. The highest BCUT2D eigenvalue weighted by molar-refractivity contribution is 5.76. The molecule has 1 aliphatic carbocycles. The molecule has 0 spiro atoms. The van der Waals surface area contributed by atoms with Gasteiger partial charge in [0.2, 0.25) is 0 Å². The van der Waals surface area contributed by atoms with E-state index in [1.807, 2.05) is 31.2 Å². The first kappa shape index (κ1) is 12.4. The number of para-hydroxylation sites is 2. The summed E-state index contributed by atoms with van der Waals surface area (Å²) in [4.78, 5) is 11.5. The average molecular weight is 257 g/mol. The molecule has 1 saturated carbocycles. The molecule has 0 unspecified atom stereocenters. The molecule has 2 aromatic rings. The van der Waals surface area contributed by atoms with Crippen molar-refractivity contribution in [3.63, 3.8) is 0 Å². The maximum atomic E-state index is 9.35. The van der Waals surface area contributed by atoms with E-state index < -0.39 is 0 Å². The van der Waals surface area contributed by atoms with E-state index in [0.717, 1.165) is 41.9 Å². The van der Waals surface area contributed by atoms with Gasteiger partial charge in [0, 0.05) is 13.6 Å². The standard InChI is InChI=1S/C15H19N3O/c1-10-15(18(2)9-11-7-12(19)8-11)17-14-6-4-3-5-13(14)16-10/h3-6,11-12,19H,7-9H2,1-2H3. The second-order valence-electron chi connectivity index (χ2n) is 5.49. The summed E-state index contributed by atoms with van der Waals surface area (Å²) >= 11 is 0. The SMILES string of the molecule is Cc1nc2ccccc2nc1N(C)CC1CC(O)C1. The fourth-order valence-electron chi connectivity index (χ4n) is 2.76. The molecule has 0 bridgehead atoms. The van der Waals surface area contributed by atoms with Crippen molar-refractivity contribution in [2.24, 2.45) is 5.92 Å². The molecule has 100 valence electrons. The molecular weight excluding hydrogens is 238 g/mol. The second-order valence-corrected chi connectivity index (χ2v) is 5.49. The number of aliphatic hydroxyl groups is 1. The van der Waals surface area contributed by atoms with E-state index in [4.69, 9.17) is 4.98 Å². The molecular formula is C15H19N3O. The number of hydrogen-bond donors (Lipinski definition) is 1. The summed E-state index contributed by atoms with van der Waals surface area (Å²) in [7, 11) is 2.05. The Kier molecular flexibility index (Phi) is 3.11. The molecule has 0 atom stereocenters. The molecule has 4 nitrogen and oxygen atoms in total. The lowest BCUT2D eigenvalue weighted by atomic mass is 9.82. The summed E-state index contributed by atoms with van der Waals surface area (Å²) in [6, 6.07) is 7.95. The Balaban J connectivity index is 1.84. The zero-order chi connectivity index (χ0) is 13.4. The number of aliphatic hydroxyl groups excluding tert-OH is 1. The van der Waals surface area contributed by atoms with Gasteiger partial charge in [0.05, 0.1) is 22.8 Å². The molecule has 1 aromatic carbocycles. The van der Waals surface area contributed by atoms with Crippen molar-refractivity contribution >= 4 is 16.9 Å². The van der Waals surface area contributed by atoms with Crippen LogP contribution in [0.5, 0.6) is 0 Å². The van der Waals surface area contributed by atoms with Crippen molar-refractivity contribution in [3.8, 4) is 0 Å². The zero-order valence-corrected chi connectivity index (χ0v) is 11.4. The summed E-state index contributed by atoms with van der Waals surface area (Å²) in [6.45, 7) is 2.94. The molecule has 1 aromatic heterocycles. The predicted molar refractivity (Wildman–Crippen MR) is 76.3 cm³/mol. The van der Waals surface area contributed by atoms with Crippen molar-refractivity contribution in [1.29, 1.82) is 0 Å². The van der Waals surface area contributed by atoms with Crippen molar-refractivity contribution in [2.45, 2.75) is 25.9 Å². The average Bonchev–Trinajstić information content (AvgIpc) is 2.36. The lowest BCUT2D eigenvalue weighted by Crippen LogP contribution is -2.37. The number of nitrogens with zero attached hydrogens (tertiary/aromatic N) is 3. The Bertz CT molecular complexity index is 593. The summed E-state index contributed by atoms with van der Waals surface area (Å²) in [5.74, 6) is 1.52. The predicted octanol–water partition coefficient (Wildman–Crippen LogP) is 2.15. The largest absolute Gasteiger partial charge is 0.393 e. The molecule has 19 heavy (non-hydrogen) atoms. The summed E-state index contributed by atoms with van der Waals surface area (Å²) < 4.78 is 0. The van der Waals surface area contributed by atoms with Crippen molar-refractivity contribution in [3.05, 3.63) is 30.0 Å². The van der Waals surface area contributed by atoms with Crippen molar-refractivity contribution < 1.29 is 5.11 Å². The Morgan fingerprint density at radius 1 is 1.21 bits per heavy atom. The Labute approximate surface area is 113 Å². The van der Waals surface area contributed by atoms with E-state index in [1.54, 1.807) is 0 Å². The topological polar surface area (TPSA) is 49.2 Å². The molecule has 0 saturated heterocycles. The molecule has 1 heterocycles. The van der Waals surface area contributed by atoms with E-state index in [0.29, 0.717) is 5.92 Å². The van der Waals surface area contributed by atoms with Gasteiger partial charge in [-0.1, -0.05) is 12.1 Å². The lowest BCUT2D eigenvalue weighted by Gasteiger charge is -2.35. The third kappa shape index (κ3) is 2.40. The number of hydrogen-bond acceptors (Lipinski definition) is 4. The quantitative estimate of drug-likeness (QED) is 0.915. The minimum atomic E-state index is -0.0952. The highest BCUT2D eigenvalue weighted by Gasteiger charge is 2.28. The van der Waals surface area contributed by atoms with Gasteiger partial charge in [0.1, 0.15) is 0 Å². The van der Waals surface area contributed by atoms with E-state index in [2.05, 4.69) is 16.9 Å². The van der Waals surface area contributed by atoms with Crippen LogP contribution in [0.2, 0.25) is 0 Å². The third-order valence-electron chi connectivity index (χ3n) is 3.82. The number of aryl methyl sites for hydroxylation is 1. The Morgan fingerprint density at radius 2 is 1.84 bits per heavy atom. The van der Waals surface area contributed by atoms with Gasteiger partial charge in [-0.15, -0.1) is 0 Å². The molecule has 1 N–H and O–H groups in total. The number of aromatic nitrogens is 2.